The van der Waals surface area contributed by atoms with Crippen LogP contribution in [0.25, 0.3) is 10.8 Å². The van der Waals surface area contributed by atoms with E-state index in [1.807, 2.05) is 30.3 Å². The Bertz CT molecular complexity index is 1400. The van der Waals surface area contributed by atoms with Crippen LogP contribution in [0.2, 0.25) is 5.02 Å². The van der Waals surface area contributed by atoms with Gasteiger partial charge in [0.15, 0.2) is 0 Å². The first-order chi connectivity index (χ1) is 16.9. The van der Waals surface area contributed by atoms with Crippen molar-refractivity contribution in [3.8, 4) is 5.95 Å². The van der Waals surface area contributed by atoms with Gasteiger partial charge in [0.25, 0.3) is 5.91 Å². The second-order valence-electron chi connectivity index (χ2n) is 7.89. The van der Waals surface area contributed by atoms with E-state index in [0.29, 0.717) is 29.7 Å². The van der Waals surface area contributed by atoms with E-state index in [1.165, 1.54) is 6.07 Å². The summed E-state index contributed by atoms with van der Waals surface area (Å²) in [4.78, 5) is 37.5. The van der Waals surface area contributed by atoms with Gasteiger partial charge in [0.05, 0.1) is 12.0 Å². The van der Waals surface area contributed by atoms with Gasteiger partial charge in [0, 0.05) is 23.1 Å². The lowest BCUT2D eigenvalue weighted by Crippen LogP contribution is -2.41. The highest BCUT2D eigenvalue weighted by Gasteiger charge is 2.18. The van der Waals surface area contributed by atoms with E-state index in [9.17, 15) is 14.4 Å². The Hall–Kier alpha value is -4.10. The Morgan fingerprint density at radius 1 is 0.971 bits per heavy atom. The molecule has 0 aliphatic carbocycles. The summed E-state index contributed by atoms with van der Waals surface area (Å²) in [6.07, 6.45) is 0.628. The fraction of sp³-hybridized carbons (Fsp3) is 0.148. The fourth-order valence-electron chi connectivity index (χ4n) is 3.46. The van der Waals surface area contributed by atoms with Crippen LogP contribution in [0.3, 0.4) is 0 Å². The molecule has 0 saturated heterocycles. The summed E-state index contributed by atoms with van der Waals surface area (Å²) in [5.41, 5.74) is 1.26. The second-order valence-corrected chi connectivity index (χ2v) is 8.26. The Balaban J connectivity index is 1.43. The van der Waals surface area contributed by atoms with E-state index in [-0.39, 0.29) is 22.3 Å². The quantitative estimate of drug-likeness (QED) is 0.369. The number of ether oxygens (including phenoxy) is 1. The van der Waals surface area contributed by atoms with Crippen LogP contribution in [0.4, 0.5) is 5.69 Å². The van der Waals surface area contributed by atoms with E-state index in [0.717, 1.165) is 5.56 Å². The number of rotatable bonds is 8. The number of halogens is 1. The molecule has 2 amide bonds. The molecular weight excluding hydrogens is 468 g/mol. The van der Waals surface area contributed by atoms with Crippen LogP contribution in [-0.4, -0.2) is 24.5 Å². The van der Waals surface area contributed by atoms with E-state index in [1.54, 1.807) is 49.4 Å². The average molecular weight is 491 g/mol. The molecule has 0 aliphatic rings. The van der Waals surface area contributed by atoms with Gasteiger partial charge in [-0.25, -0.2) is 4.79 Å². The molecule has 0 spiro atoms. The van der Waals surface area contributed by atoms with Crippen molar-refractivity contribution in [1.29, 1.82) is 0 Å². The van der Waals surface area contributed by atoms with Gasteiger partial charge in [0.1, 0.15) is 11.1 Å². The lowest BCUT2D eigenvalue weighted by Gasteiger charge is -2.15. The minimum Gasteiger partial charge on any atom is -0.464 e. The predicted molar refractivity (Wildman–Crippen MR) is 135 cm³/mol. The molecule has 4 rings (SSSR count). The van der Waals surface area contributed by atoms with Crippen molar-refractivity contribution >= 4 is 39.9 Å². The summed E-state index contributed by atoms with van der Waals surface area (Å²) in [7, 11) is 0. The number of benzene rings is 3. The Morgan fingerprint density at radius 3 is 2.37 bits per heavy atom. The molecule has 8 heteroatoms. The highest BCUT2D eigenvalue weighted by molar-refractivity contribution is 6.36. The van der Waals surface area contributed by atoms with Crippen molar-refractivity contribution in [2.45, 2.75) is 19.4 Å². The zero-order chi connectivity index (χ0) is 24.8. The smallest absolute Gasteiger partial charge is 0.346 e. The molecular formula is C27H23ClN2O5. The first kappa shape index (κ1) is 24.0. The molecule has 0 bridgehead atoms. The number of fused-ring (bicyclic) bond motifs is 1. The summed E-state index contributed by atoms with van der Waals surface area (Å²) in [6.45, 7) is 1.86. The van der Waals surface area contributed by atoms with E-state index in [4.69, 9.17) is 20.8 Å². The molecule has 1 heterocycles. The maximum atomic E-state index is 12.6. The van der Waals surface area contributed by atoms with Crippen LogP contribution in [0, 0.1) is 0 Å². The van der Waals surface area contributed by atoms with E-state index >= 15 is 0 Å². The van der Waals surface area contributed by atoms with Gasteiger partial charge >= 0.3 is 11.6 Å². The summed E-state index contributed by atoms with van der Waals surface area (Å²) in [5, 5.41) is 6.16. The maximum Gasteiger partial charge on any atom is 0.346 e. The molecule has 0 unspecified atom stereocenters. The van der Waals surface area contributed by atoms with Crippen LogP contribution in [0.15, 0.2) is 88.1 Å². The minimum atomic E-state index is -0.807. The van der Waals surface area contributed by atoms with Crippen LogP contribution in [-0.2, 0) is 11.2 Å². The number of anilines is 1. The minimum absolute atomic E-state index is 0.0471. The number of amides is 2. The van der Waals surface area contributed by atoms with Crippen molar-refractivity contribution in [2.24, 2.45) is 0 Å². The van der Waals surface area contributed by atoms with Crippen molar-refractivity contribution in [3.05, 3.63) is 105 Å². The molecule has 35 heavy (non-hydrogen) atoms. The number of hydrogen-bond acceptors (Lipinski definition) is 5. The van der Waals surface area contributed by atoms with Gasteiger partial charge in [0.2, 0.25) is 5.91 Å². The van der Waals surface area contributed by atoms with E-state index in [2.05, 4.69) is 10.6 Å². The second kappa shape index (κ2) is 10.9. The van der Waals surface area contributed by atoms with E-state index < -0.39 is 17.6 Å². The first-order valence-corrected chi connectivity index (χ1v) is 11.4. The monoisotopic (exact) mass is 490 g/mol. The molecule has 1 atom stereocenters. The van der Waals surface area contributed by atoms with Gasteiger partial charge in [-0.1, -0.05) is 66.2 Å². The summed E-state index contributed by atoms with van der Waals surface area (Å²) in [6, 6.07) is 22.3. The maximum absolute atomic E-state index is 12.6. The van der Waals surface area contributed by atoms with Gasteiger partial charge in [-0.05, 0) is 36.8 Å². The largest absolute Gasteiger partial charge is 0.464 e. The fourth-order valence-corrected chi connectivity index (χ4v) is 3.72. The molecule has 1 aromatic heterocycles. The van der Waals surface area contributed by atoms with Gasteiger partial charge < -0.3 is 19.8 Å². The number of carbonyl (C=O) groups is 2. The predicted octanol–water partition coefficient (Wildman–Crippen LogP) is 4.82. The Labute approximate surface area is 206 Å². The molecule has 0 fully saturated rings. The number of carbonyl (C=O) groups excluding carboxylic acids is 2. The molecule has 0 saturated carbocycles. The zero-order valence-electron chi connectivity index (χ0n) is 18.9. The van der Waals surface area contributed by atoms with Crippen molar-refractivity contribution < 1.29 is 18.7 Å². The van der Waals surface area contributed by atoms with Crippen molar-refractivity contribution in [1.82, 2.24) is 5.32 Å². The molecule has 178 valence electrons. The van der Waals surface area contributed by atoms with Crippen LogP contribution in [0.5, 0.6) is 5.95 Å². The Kier molecular flexibility index (Phi) is 7.48. The lowest BCUT2D eigenvalue weighted by molar-refractivity contribution is -0.117. The topological polar surface area (TPSA) is 97.6 Å². The zero-order valence-corrected chi connectivity index (χ0v) is 19.7. The normalized spacial score (nSPS) is 11.6. The third-order valence-electron chi connectivity index (χ3n) is 5.35. The van der Waals surface area contributed by atoms with Gasteiger partial charge in [-0.3, -0.25) is 9.59 Å². The molecule has 7 nitrogen and oxygen atoms in total. The number of nitrogens with one attached hydrogen (secondary N) is 2. The molecule has 2 N–H and O–H groups in total. The molecule has 0 aliphatic heterocycles. The SMILES string of the molecule is C[C@H](NC(=O)c1ccccc1)C(=O)Nc1ccc2c(Cl)c(OCCc3ccccc3)oc(=O)c2c1. The van der Waals surface area contributed by atoms with Crippen molar-refractivity contribution in [2.75, 3.05) is 11.9 Å². The van der Waals surface area contributed by atoms with Crippen molar-refractivity contribution in [3.63, 3.8) is 0 Å². The summed E-state index contributed by atoms with van der Waals surface area (Å²) >= 11 is 6.43. The standard InChI is InChI=1S/C27H23ClN2O5/c1-17(29-25(32)19-10-6-3-7-11-19)24(31)30-20-12-13-21-22(16-20)26(33)35-27(23(21)28)34-15-14-18-8-4-2-5-9-18/h2-13,16-17H,14-15H2,1H3,(H,29,32)(H,30,31)/t17-/m0/s1. The molecule has 3 aromatic carbocycles. The van der Waals surface area contributed by atoms with Crippen LogP contribution in [0.1, 0.15) is 22.8 Å². The number of hydrogen-bond donors (Lipinski definition) is 2. The van der Waals surface area contributed by atoms with Crippen LogP contribution >= 0.6 is 11.6 Å². The lowest BCUT2D eigenvalue weighted by atomic mass is 10.1. The summed E-state index contributed by atoms with van der Waals surface area (Å²) < 4.78 is 10.9. The third-order valence-corrected chi connectivity index (χ3v) is 5.71. The van der Waals surface area contributed by atoms with Gasteiger partial charge in [-0.15, -0.1) is 0 Å². The molecule has 0 radical (unpaired) electrons. The van der Waals surface area contributed by atoms with Crippen LogP contribution < -0.4 is 21.0 Å². The third kappa shape index (κ3) is 5.88. The molecule has 4 aromatic rings. The highest BCUT2D eigenvalue weighted by Crippen LogP contribution is 2.32. The highest BCUT2D eigenvalue weighted by atomic mass is 35.5. The summed E-state index contributed by atoms with van der Waals surface area (Å²) in [5.74, 6) is -0.849. The first-order valence-electron chi connectivity index (χ1n) is 11.0. The Morgan fingerprint density at radius 2 is 1.66 bits per heavy atom. The average Bonchev–Trinajstić information content (AvgIpc) is 2.88. The van der Waals surface area contributed by atoms with Gasteiger partial charge in [-0.2, -0.15) is 0 Å².